The molecule has 17 heavy (non-hydrogen) atoms. The minimum absolute atomic E-state index is 0.113. The summed E-state index contributed by atoms with van der Waals surface area (Å²) in [5.41, 5.74) is 2.97. The van der Waals surface area contributed by atoms with Gasteiger partial charge in [-0.1, -0.05) is 34.3 Å². The Bertz CT molecular complexity index is 519. The largest absolute Gasteiger partial charge is 0.347 e. The summed E-state index contributed by atoms with van der Waals surface area (Å²) in [7, 11) is 0. The highest BCUT2D eigenvalue weighted by molar-refractivity contribution is 7.07. The van der Waals surface area contributed by atoms with Gasteiger partial charge in [0.1, 0.15) is 4.88 Å². The Morgan fingerprint density at radius 1 is 1.29 bits per heavy atom. The maximum absolute atomic E-state index is 11.8. The van der Waals surface area contributed by atoms with Gasteiger partial charge in [0.15, 0.2) is 0 Å². The Hall–Kier alpha value is -1.75. The molecule has 1 aromatic carbocycles. The van der Waals surface area contributed by atoms with Gasteiger partial charge in [-0.2, -0.15) is 0 Å². The van der Waals surface area contributed by atoms with Crippen molar-refractivity contribution in [2.24, 2.45) is 0 Å². The summed E-state index contributed by atoms with van der Waals surface area (Å²) in [5, 5.41) is 6.67. The molecular formula is C12H13N3OS. The van der Waals surface area contributed by atoms with Crippen molar-refractivity contribution in [3.8, 4) is 0 Å². The van der Waals surface area contributed by atoms with Crippen LogP contribution in [0.5, 0.6) is 0 Å². The zero-order valence-electron chi connectivity index (χ0n) is 9.73. The van der Waals surface area contributed by atoms with E-state index in [1.54, 1.807) is 6.92 Å². The maximum Gasteiger partial charge on any atom is 0.265 e. The zero-order chi connectivity index (χ0) is 12.3. The second-order valence-corrected chi connectivity index (χ2v) is 4.61. The van der Waals surface area contributed by atoms with E-state index in [0.717, 1.165) is 17.1 Å². The molecule has 88 valence electrons. The third-order valence-electron chi connectivity index (χ3n) is 2.43. The fourth-order valence-electron chi connectivity index (χ4n) is 1.41. The zero-order valence-corrected chi connectivity index (χ0v) is 10.5. The average molecular weight is 247 g/mol. The Labute approximate surface area is 104 Å². The van der Waals surface area contributed by atoms with Crippen LogP contribution in [0.15, 0.2) is 24.3 Å². The average Bonchev–Trinajstić information content (AvgIpc) is 2.74. The SMILES string of the molecule is Cc1ccc(CNC(=O)c2snnc2C)cc1. The predicted molar refractivity (Wildman–Crippen MR) is 67.0 cm³/mol. The molecule has 1 N–H and O–H groups in total. The minimum atomic E-state index is -0.113. The summed E-state index contributed by atoms with van der Waals surface area (Å²) in [6.07, 6.45) is 0. The molecule has 1 aromatic heterocycles. The number of aryl methyl sites for hydroxylation is 2. The van der Waals surface area contributed by atoms with E-state index in [2.05, 4.69) is 14.9 Å². The van der Waals surface area contributed by atoms with Crippen LogP contribution in [0.2, 0.25) is 0 Å². The molecule has 1 heterocycles. The molecule has 0 radical (unpaired) electrons. The van der Waals surface area contributed by atoms with Crippen LogP contribution in [0.25, 0.3) is 0 Å². The van der Waals surface area contributed by atoms with E-state index >= 15 is 0 Å². The second-order valence-electron chi connectivity index (χ2n) is 3.86. The van der Waals surface area contributed by atoms with Crippen LogP contribution in [0.1, 0.15) is 26.5 Å². The number of nitrogens with one attached hydrogen (secondary N) is 1. The van der Waals surface area contributed by atoms with Crippen LogP contribution >= 0.6 is 11.5 Å². The van der Waals surface area contributed by atoms with Crippen LogP contribution in [0.4, 0.5) is 0 Å². The predicted octanol–water partition coefficient (Wildman–Crippen LogP) is 2.08. The van der Waals surface area contributed by atoms with E-state index < -0.39 is 0 Å². The van der Waals surface area contributed by atoms with Gasteiger partial charge in [0.05, 0.1) is 5.69 Å². The Morgan fingerprint density at radius 2 is 2.00 bits per heavy atom. The van der Waals surface area contributed by atoms with Gasteiger partial charge in [0.25, 0.3) is 5.91 Å². The Morgan fingerprint density at radius 3 is 2.59 bits per heavy atom. The van der Waals surface area contributed by atoms with Crippen molar-refractivity contribution in [1.29, 1.82) is 0 Å². The van der Waals surface area contributed by atoms with E-state index in [9.17, 15) is 4.79 Å². The van der Waals surface area contributed by atoms with E-state index in [-0.39, 0.29) is 5.91 Å². The van der Waals surface area contributed by atoms with Crippen molar-refractivity contribution >= 4 is 17.4 Å². The lowest BCUT2D eigenvalue weighted by atomic mass is 10.1. The number of benzene rings is 1. The first kappa shape index (κ1) is 11.7. The van der Waals surface area contributed by atoms with Gasteiger partial charge < -0.3 is 5.32 Å². The molecule has 0 saturated carbocycles. The van der Waals surface area contributed by atoms with E-state index in [1.807, 2.05) is 31.2 Å². The molecular weight excluding hydrogens is 234 g/mol. The summed E-state index contributed by atoms with van der Waals surface area (Å²) < 4.78 is 3.74. The van der Waals surface area contributed by atoms with Gasteiger partial charge >= 0.3 is 0 Å². The molecule has 0 bridgehead atoms. The van der Waals surface area contributed by atoms with E-state index in [0.29, 0.717) is 17.1 Å². The molecule has 2 aromatic rings. The van der Waals surface area contributed by atoms with Crippen LogP contribution < -0.4 is 5.32 Å². The highest BCUT2D eigenvalue weighted by atomic mass is 32.1. The molecule has 0 aliphatic rings. The van der Waals surface area contributed by atoms with E-state index in [4.69, 9.17) is 0 Å². The number of hydrogen-bond donors (Lipinski definition) is 1. The van der Waals surface area contributed by atoms with Crippen molar-refractivity contribution in [3.63, 3.8) is 0 Å². The number of carbonyl (C=O) groups excluding carboxylic acids is 1. The molecule has 0 unspecified atom stereocenters. The fourth-order valence-corrected chi connectivity index (χ4v) is 1.98. The van der Waals surface area contributed by atoms with Gasteiger partial charge in [0, 0.05) is 6.54 Å². The lowest BCUT2D eigenvalue weighted by molar-refractivity contribution is 0.0954. The standard InChI is InChI=1S/C12H13N3OS/c1-8-3-5-10(6-4-8)7-13-12(16)11-9(2)14-15-17-11/h3-6H,7H2,1-2H3,(H,13,16). The molecule has 0 atom stereocenters. The minimum Gasteiger partial charge on any atom is -0.347 e. The van der Waals surface area contributed by atoms with Gasteiger partial charge in [-0.15, -0.1) is 5.10 Å². The first-order valence-corrected chi connectivity index (χ1v) is 6.07. The normalized spacial score (nSPS) is 10.2. The van der Waals surface area contributed by atoms with Crippen molar-refractivity contribution in [3.05, 3.63) is 46.0 Å². The monoisotopic (exact) mass is 247 g/mol. The third kappa shape index (κ3) is 2.88. The van der Waals surface area contributed by atoms with E-state index in [1.165, 1.54) is 5.56 Å². The molecule has 0 aliphatic heterocycles. The van der Waals surface area contributed by atoms with Crippen molar-refractivity contribution in [2.45, 2.75) is 20.4 Å². The van der Waals surface area contributed by atoms with Crippen LogP contribution in [0, 0.1) is 13.8 Å². The molecule has 2 rings (SSSR count). The highest BCUT2D eigenvalue weighted by Gasteiger charge is 2.12. The van der Waals surface area contributed by atoms with Crippen molar-refractivity contribution < 1.29 is 4.79 Å². The highest BCUT2D eigenvalue weighted by Crippen LogP contribution is 2.09. The van der Waals surface area contributed by atoms with Gasteiger partial charge in [-0.3, -0.25) is 4.79 Å². The third-order valence-corrected chi connectivity index (χ3v) is 3.26. The first-order chi connectivity index (χ1) is 8.16. The molecule has 5 heteroatoms. The lowest BCUT2D eigenvalue weighted by Gasteiger charge is -2.04. The Balaban J connectivity index is 1.97. The molecule has 1 amide bonds. The summed E-state index contributed by atoms with van der Waals surface area (Å²) in [6.45, 7) is 4.34. The first-order valence-electron chi connectivity index (χ1n) is 5.29. The van der Waals surface area contributed by atoms with Crippen LogP contribution in [-0.2, 0) is 6.54 Å². The molecule has 0 fully saturated rings. The summed E-state index contributed by atoms with van der Waals surface area (Å²) in [4.78, 5) is 12.4. The second kappa shape index (κ2) is 5.05. The number of amides is 1. The molecule has 0 aliphatic carbocycles. The number of nitrogens with zero attached hydrogens (tertiary/aromatic N) is 2. The number of rotatable bonds is 3. The summed E-state index contributed by atoms with van der Waals surface area (Å²) in [5.74, 6) is -0.113. The fraction of sp³-hybridized carbons (Fsp3) is 0.250. The van der Waals surface area contributed by atoms with Gasteiger partial charge in [0.2, 0.25) is 0 Å². The van der Waals surface area contributed by atoms with Crippen molar-refractivity contribution in [1.82, 2.24) is 14.9 Å². The van der Waals surface area contributed by atoms with Crippen LogP contribution in [-0.4, -0.2) is 15.5 Å². The molecule has 4 nitrogen and oxygen atoms in total. The van der Waals surface area contributed by atoms with Gasteiger partial charge in [-0.05, 0) is 30.9 Å². The molecule has 0 spiro atoms. The lowest BCUT2D eigenvalue weighted by Crippen LogP contribution is -2.22. The van der Waals surface area contributed by atoms with Crippen molar-refractivity contribution in [2.75, 3.05) is 0 Å². The molecule has 0 saturated heterocycles. The number of hydrogen-bond acceptors (Lipinski definition) is 4. The quantitative estimate of drug-likeness (QED) is 0.903. The smallest absolute Gasteiger partial charge is 0.265 e. The Kier molecular flexibility index (Phi) is 3.49. The summed E-state index contributed by atoms with van der Waals surface area (Å²) >= 11 is 1.12. The topological polar surface area (TPSA) is 54.9 Å². The number of carbonyl (C=O) groups is 1. The number of aromatic nitrogens is 2. The van der Waals surface area contributed by atoms with Crippen LogP contribution in [0.3, 0.4) is 0 Å². The maximum atomic E-state index is 11.8. The summed E-state index contributed by atoms with van der Waals surface area (Å²) in [6, 6.07) is 8.07. The van der Waals surface area contributed by atoms with Gasteiger partial charge in [-0.25, -0.2) is 0 Å².